The number of hydrogen-bond acceptors (Lipinski definition) is 5. The van der Waals surface area contributed by atoms with Crippen LogP contribution in [0.1, 0.15) is 31.7 Å². The number of carbonyl (C=O) groups is 3. The summed E-state index contributed by atoms with van der Waals surface area (Å²) in [5.41, 5.74) is -1.63. The van der Waals surface area contributed by atoms with Crippen molar-refractivity contribution >= 4 is 17.6 Å². The Morgan fingerprint density at radius 3 is 2.47 bits per heavy atom. The molecule has 1 saturated heterocycles. The highest BCUT2D eigenvalue weighted by molar-refractivity contribution is 6.35. The van der Waals surface area contributed by atoms with Crippen molar-refractivity contribution in [1.29, 1.82) is 0 Å². The molecule has 2 fully saturated rings. The van der Waals surface area contributed by atoms with Gasteiger partial charge in [-0.2, -0.15) is 10.2 Å². The maximum atomic E-state index is 13.9. The second-order valence-corrected chi connectivity index (χ2v) is 8.87. The number of carbonyl (C=O) groups excluding carboxylic acids is 3. The number of benzene rings is 1. The minimum atomic E-state index is -3.01. The molecule has 182 valence electrons. The Hall–Kier alpha value is -3.18. The molecule has 7 nitrogen and oxygen atoms in total. The number of nitrogens with one attached hydrogen (secondary N) is 1. The third-order valence-electron chi connectivity index (χ3n) is 6.61. The van der Waals surface area contributed by atoms with Gasteiger partial charge in [0, 0.05) is 37.8 Å². The maximum absolute atomic E-state index is 13.9. The van der Waals surface area contributed by atoms with Crippen molar-refractivity contribution in [2.75, 3.05) is 13.1 Å². The average Bonchev–Trinajstić information content (AvgIpc) is 3.42. The summed E-state index contributed by atoms with van der Waals surface area (Å²) in [6.07, 6.45) is -0.248. The normalized spacial score (nSPS) is 24.5. The van der Waals surface area contributed by atoms with Gasteiger partial charge in [0.15, 0.2) is 17.5 Å². The number of Topliss-reactive ketones (excluding diaryl/α,β-unsaturated/α-hetero) is 1. The van der Waals surface area contributed by atoms with E-state index in [0.29, 0.717) is 0 Å². The van der Waals surface area contributed by atoms with E-state index in [0.717, 1.165) is 17.0 Å². The molecule has 1 aromatic rings. The van der Waals surface area contributed by atoms with E-state index in [1.807, 2.05) is 0 Å². The molecule has 3 aliphatic rings. The van der Waals surface area contributed by atoms with Crippen LogP contribution in [0.2, 0.25) is 0 Å². The molecule has 2 heterocycles. The smallest absolute Gasteiger partial charge is 0.312 e. The molecule has 12 heteroatoms. The molecule has 0 aromatic heterocycles. The maximum Gasteiger partial charge on any atom is 0.312 e. The van der Waals surface area contributed by atoms with E-state index in [2.05, 4.69) is 15.5 Å². The molecule has 2 amide bonds. The van der Waals surface area contributed by atoms with Crippen molar-refractivity contribution < 1.29 is 36.3 Å². The molecule has 0 radical (unpaired) electrons. The Labute approximate surface area is 191 Å². The van der Waals surface area contributed by atoms with Crippen molar-refractivity contribution in [3.63, 3.8) is 0 Å². The van der Waals surface area contributed by atoms with Gasteiger partial charge in [0.1, 0.15) is 5.78 Å². The lowest BCUT2D eigenvalue weighted by Gasteiger charge is -2.47. The van der Waals surface area contributed by atoms with Crippen molar-refractivity contribution in [3.05, 3.63) is 46.9 Å². The molecule has 34 heavy (non-hydrogen) atoms. The highest BCUT2D eigenvalue weighted by Crippen LogP contribution is 2.50. The average molecular weight is 484 g/mol. The molecule has 0 bridgehead atoms. The topological polar surface area (TPSA) is 91.2 Å². The molecule has 1 N–H and O–H groups in total. The first-order chi connectivity index (χ1) is 15.9. The van der Waals surface area contributed by atoms with Crippen LogP contribution < -0.4 is 5.32 Å². The highest BCUT2D eigenvalue weighted by Gasteiger charge is 2.60. The van der Waals surface area contributed by atoms with E-state index in [4.69, 9.17) is 0 Å². The van der Waals surface area contributed by atoms with Crippen LogP contribution in [-0.2, 0) is 20.8 Å². The van der Waals surface area contributed by atoms with Gasteiger partial charge in [-0.1, -0.05) is 6.07 Å². The first-order valence-corrected chi connectivity index (χ1v) is 10.7. The summed E-state index contributed by atoms with van der Waals surface area (Å²) in [5, 5.41) is 9.90. The van der Waals surface area contributed by atoms with Crippen LogP contribution in [0.4, 0.5) is 22.0 Å². The summed E-state index contributed by atoms with van der Waals surface area (Å²) in [6.45, 7) is 1.76. The quantitative estimate of drug-likeness (QED) is 0.396. The second-order valence-electron chi connectivity index (χ2n) is 8.87. The highest BCUT2D eigenvalue weighted by atomic mass is 19.3. The van der Waals surface area contributed by atoms with Crippen molar-refractivity contribution in [3.8, 4) is 0 Å². The largest absolute Gasteiger partial charge is 0.336 e. The lowest BCUT2D eigenvalue weighted by molar-refractivity contribution is -0.154. The van der Waals surface area contributed by atoms with Gasteiger partial charge in [0.2, 0.25) is 0 Å². The molecule has 0 spiro atoms. The second kappa shape index (κ2) is 8.55. The molecule has 1 aliphatic carbocycles. The van der Waals surface area contributed by atoms with Gasteiger partial charge in [-0.15, -0.1) is 0 Å². The van der Waals surface area contributed by atoms with Gasteiger partial charge in [0.25, 0.3) is 5.92 Å². The number of azo groups is 1. The molecule has 1 saturated carbocycles. The predicted molar refractivity (Wildman–Crippen MR) is 107 cm³/mol. The summed E-state index contributed by atoms with van der Waals surface area (Å²) >= 11 is 0. The Bertz CT molecular complexity index is 1110. The molecule has 1 aromatic carbocycles. The fourth-order valence-corrected chi connectivity index (χ4v) is 4.82. The standard InChI is InChI=1S/C22H21F5N4O3/c1-11-13(15(32)8-12-2-3-14(23)18(25)17(12)24)5-7-31(11)20(34)19(33)29-21(9-22(26,27)10-21)16-4-6-28-30-16/h2-4,11,13H,5-10H2,1H3,(H,29,33)/t11-,13-/m0/s1. The number of ketones is 1. The summed E-state index contributed by atoms with van der Waals surface area (Å²) < 4.78 is 67.8. The fourth-order valence-electron chi connectivity index (χ4n) is 4.82. The zero-order valence-corrected chi connectivity index (χ0v) is 18.1. The van der Waals surface area contributed by atoms with E-state index < -0.39 is 77.7 Å². The van der Waals surface area contributed by atoms with Gasteiger partial charge < -0.3 is 10.2 Å². The number of hydrogen-bond donors (Lipinski definition) is 1. The number of amides is 2. The molecular formula is C22H21F5N4O3. The van der Waals surface area contributed by atoms with E-state index in [-0.39, 0.29) is 30.8 Å². The number of halogens is 5. The Kier molecular flexibility index (Phi) is 6.03. The Balaban J connectivity index is 1.42. The van der Waals surface area contributed by atoms with E-state index in [1.165, 1.54) is 13.0 Å². The third-order valence-corrected chi connectivity index (χ3v) is 6.61. The minimum absolute atomic E-state index is 0.0374. The van der Waals surface area contributed by atoms with Crippen LogP contribution in [0.15, 0.2) is 34.1 Å². The molecule has 0 unspecified atom stereocenters. The van der Waals surface area contributed by atoms with Crippen LogP contribution in [-0.4, -0.2) is 53.1 Å². The van der Waals surface area contributed by atoms with Gasteiger partial charge in [-0.25, -0.2) is 22.0 Å². The zero-order chi connectivity index (χ0) is 24.8. The molecular weight excluding hydrogens is 463 g/mol. The first kappa shape index (κ1) is 24.0. The van der Waals surface area contributed by atoms with Crippen LogP contribution in [0.3, 0.4) is 0 Å². The Morgan fingerprint density at radius 2 is 1.85 bits per heavy atom. The molecule has 2 atom stereocenters. The van der Waals surface area contributed by atoms with E-state index >= 15 is 0 Å². The van der Waals surface area contributed by atoms with Crippen LogP contribution in [0.5, 0.6) is 0 Å². The van der Waals surface area contributed by atoms with Gasteiger partial charge in [-0.3, -0.25) is 14.4 Å². The fraction of sp³-hybridized carbons (Fsp3) is 0.500. The lowest BCUT2D eigenvalue weighted by Crippen LogP contribution is -2.65. The number of likely N-dealkylation sites (tertiary alicyclic amines) is 1. The van der Waals surface area contributed by atoms with Crippen LogP contribution >= 0.6 is 0 Å². The van der Waals surface area contributed by atoms with Crippen molar-refractivity contribution in [2.45, 2.75) is 50.1 Å². The summed E-state index contributed by atoms with van der Waals surface area (Å²) in [5.74, 6) is -10.9. The van der Waals surface area contributed by atoms with E-state index in [1.54, 1.807) is 0 Å². The molecule has 2 aliphatic heterocycles. The summed E-state index contributed by atoms with van der Waals surface area (Å²) in [7, 11) is 0. The summed E-state index contributed by atoms with van der Waals surface area (Å²) in [6, 6.07) is 0.950. The predicted octanol–water partition coefficient (Wildman–Crippen LogP) is 3.09. The number of nitrogens with zero attached hydrogens (tertiary/aromatic N) is 3. The van der Waals surface area contributed by atoms with E-state index in [9.17, 15) is 36.3 Å². The van der Waals surface area contributed by atoms with Crippen molar-refractivity contribution in [2.24, 2.45) is 16.1 Å². The Morgan fingerprint density at radius 1 is 1.15 bits per heavy atom. The van der Waals surface area contributed by atoms with Gasteiger partial charge in [-0.05, 0) is 31.1 Å². The van der Waals surface area contributed by atoms with Gasteiger partial charge >= 0.3 is 11.8 Å². The minimum Gasteiger partial charge on any atom is -0.336 e. The SMILES string of the molecule is C[C@H]1[C@@H](C(=O)Cc2ccc(F)c(F)c2F)CCN1C(=O)C(=O)NC1(C2=CCN=N2)CC(F)(F)C1. The van der Waals surface area contributed by atoms with Crippen LogP contribution in [0.25, 0.3) is 0 Å². The lowest BCUT2D eigenvalue weighted by atomic mass is 9.71. The number of rotatable bonds is 5. The van der Waals surface area contributed by atoms with Crippen LogP contribution in [0, 0.1) is 23.4 Å². The van der Waals surface area contributed by atoms with Crippen molar-refractivity contribution in [1.82, 2.24) is 10.2 Å². The number of alkyl halides is 2. The molecule has 4 rings (SSSR count). The van der Waals surface area contributed by atoms with Gasteiger partial charge in [0.05, 0.1) is 17.8 Å². The first-order valence-electron chi connectivity index (χ1n) is 10.7. The monoisotopic (exact) mass is 484 g/mol. The third kappa shape index (κ3) is 4.21. The summed E-state index contributed by atoms with van der Waals surface area (Å²) in [4.78, 5) is 39.3. The zero-order valence-electron chi connectivity index (χ0n) is 18.1.